The van der Waals surface area contributed by atoms with Crippen LogP contribution in [0, 0.1) is 11.3 Å². The Hall–Kier alpha value is -1.06. The van der Waals surface area contributed by atoms with Crippen molar-refractivity contribution in [1.29, 1.82) is 0 Å². The summed E-state index contributed by atoms with van der Waals surface area (Å²) >= 11 is 0. The van der Waals surface area contributed by atoms with Crippen molar-refractivity contribution in [2.24, 2.45) is 11.3 Å². The van der Waals surface area contributed by atoms with Crippen LogP contribution >= 0.6 is 0 Å². The Morgan fingerprint density at radius 3 is 2.30 bits per heavy atom. The summed E-state index contributed by atoms with van der Waals surface area (Å²) in [6.07, 6.45) is 6.37. The second-order valence-corrected chi connectivity index (χ2v) is 6.54. The Balaban J connectivity index is 2.52. The van der Waals surface area contributed by atoms with E-state index in [-0.39, 0.29) is 18.4 Å². The summed E-state index contributed by atoms with van der Waals surface area (Å²) in [6, 6.07) is 0.117. The Morgan fingerprint density at radius 2 is 1.80 bits per heavy atom. The average molecular weight is 283 g/mol. The van der Waals surface area contributed by atoms with Crippen LogP contribution in [-0.4, -0.2) is 23.0 Å². The van der Waals surface area contributed by atoms with E-state index in [0.717, 1.165) is 32.1 Å². The van der Waals surface area contributed by atoms with Crippen LogP contribution in [0.25, 0.3) is 0 Å². The first kappa shape index (κ1) is 17.0. The number of nitrogens with one attached hydrogen (secondary N) is 1. The zero-order valence-electron chi connectivity index (χ0n) is 13.1. The Morgan fingerprint density at radius 1 is 1.20 bits per heavy atom. The van der Waals surface area contributed by atoms with Crippen LogP contribution in [0.5, 0.6) is 0 Å². The molecule has 0 heterocycles. The van der Waals surface area contributed by atoms with Crippen LogP contribution in [-0.2, 0) is 9.59 Å². The summed E-state index contributed by atoms with van der Waals surface area (Å²) in [5.74, 6) is -0.333. The van der Waals surface area contributed by atoms with E-state index in [4.69, 9.17) is 0 Å². The quantitative estimate of drug-likeness (QED) is 0.753. The van der Waals surface area contributed by atoms with E-state index in [1.165, 1.54) is 0 Å². The number of carbonyl (C=O) groups excluding carboxylic acids is 1. The van der Waals surface area contributed by atoms with Crippen molar-refractivity contribution >= 4 is 11.9 Å². The molecule has 2 unspecified atom stereocenters. The fraction of sp³-hybridized carbons (Fsp3) is 0.875. The summed E-state index contributed by atoms with van der Waals surface area (Å²) in [6.45, 7) is 6.31. The second-order valence-electron chi connectivity index (χ2n) is 6.54. The molecule has 1 aliphatic carbocycles. The molecule has 0 spiro atoms. The molecule has 0 aromatic carbocycles. The number of hydrogen-bond acceptors (Lipinski definition) is 2. The van der Waals surface area contributed by atoms with Crippen LogP contribution in [0.15, 0.2) is 0 Å². The summed E-state index contributed by atoms with van der Waals surface area (Å²) in [4.78, 5) is 23.7. The van der Waals surface area contributed by atoms with Gasteiger partial charge in [-0.25, -0.2) is 0 Å². The smallest absolute Gasteiger partial charge is 0.310 e. The largest absolute Gasteiger partial charge is 0.481 e. The standard InChI is InChI=1S/C16H29NO3/c1-4-12(2)10-13(3)17-14(18)11-16(15(19)20)8-6-5-7-9-16/h12-13H,4-11H2,1-3H3,(H,17,18)(H,19,20). The molecule has 1 saturated carbocycles. The number of amides is 1. The first-order valence-electron chi connectivity index (χ1n) is 7.92. The van der Waals surface area contributed by atoms with Crippen LogP contribution in [0.2, 0.25) is 0 Å². The predicted molar refractivity (Wildman–Crippen MR) is 79.4 cm³/mol. The molecule has 20 heavy (non-hydrogen) atoms. The van der Waals surface area contributed by atoms with Crippen molar-refractivity contribution in [3.63, 3.8) is 0 Å². The molecule has 1 fully saturated rings. The third-order valence-corrected chi connectivity index (χ3v) is 4.62. The number of hydrogen-bond donors (Lipinski definition) is 2. The predicted octanol–water partition coefficient (Wildman–Crippen LogP) is 3.35. The maximum absolute atomic E-state index is 12.1. The first-order valence-corrected chi connectivity index (χ1v) is 7.92. The molecule has 0 aliphatic heterocycles. The van der Waals surface area contributed by atoms with Crippen molar-refractivity contribution in [1.82, 2.24) is 5.32 Å². The van der Waals surface area contributed by atoms with E-state index in [9.17, 15) is 14.7 Å². The van der Waals surface area contributed by atoms with E-state index >= 15 is 0 Å². The van der Waals surface area contributed by atoms with Gasteiger partial charge in [0.2, 0.25) is 5.91 Å². The summed E-state index contributed by atoms with van der Waals surface area (Å²) in [5.41, 5.74) is -0.821. The molecule has 0 aromatic rings. The maximum atomic E-state index is 12.1. The molecule has 0 saturated heterocycles. The maximum Gasteiger partial charge on any atom is 0.310 e. The van der Waals surface area contributed by atoms with Gasteiger partial charge >= 0.3 is 5.97 Å². The summed E-state index contributed by atoms with van der Waals surface area (Å²) in [5, 5.41) is 12.4. The molecule has 0 radical (unpaired) electrons. The molecule has 116 valence electrons. The average Bonchev–Trinajstić information content (AvgIpc) is 2.38. The number of carbonyl (C=O) groups is 2. The minimum absolute atomic E-state index is 0.106. The van der Waals surface area contributed by atoms with Crippen molar-refractivity contribution in [2.45, 2.75) is 78.2 Å². The molecule has 2 N–H and O–H groups in total. The SMILES string of the molecule is CCC(C)CC(C)NC(=O)CC1(C(=O)O)CCCCC1. The van der Waals surface area contributed by atoms with Gasteiger partial charge in [-0.15, -0.1) is 0 Å². The van der Waals surface area contributed by atoms with E-state index in [1.54, 1.807) is 0 Å². The van der Waals surface area contributed by atoms with Crippen LogP contribution in [0.3, 0.4) is 0 Å². The molecular weight excluding hydrogens is 254 g/mol. The van der Waals surface area contributed by atoms with Crippen molar-refractivity contribution in [3.05, 3.63) is 0 Å². The lowest BCUT2D eigenvalue weighted by atomic mass is 9.71. The highest BCUT2D eigenvalue weighted by atomic mass is 16.4. The van der Waals surface area contributed by atoms with E-state index in [2.05, 4.69) is 19.2 Å². The van der Waals surface area contributed by atoms with Gasteiger partial charge in [0, 0.05) is 12.5 Å². The van der Waals surface area contributed by atoms with Gasteiger partial charge in [-0.2, -0.15) is 0 Å². The van der Waals surface area contributed by atoms with Crippen molar-refractivity contribution in [2.75, 3.05) is 0 Å². The molecule has 4 nitrogen and oxygen atoms in total. The van der Waals surface area contributed by atoms with Gasteiger partial charge in [-0.05, 0) is 32.1 Å². The Kier molecular flexibility index (Phi) is 6.50. The molecule has 1 amide bonds. The van der Waals surface area contributed by atoms with Gasteiger partial charge < -0.3 is 10.4 Å². The lowest BCUT2D eigenvalue weighted by molar-refractivity contribution is -0.154. The molecule has 4 heteroatoms. The summed E-state index contributed by atoms with van der Waals surface area (Å²) < 4.78 is 0. The van der Waals surface area contributed by atoms with Crippen LogP contribution in [0.4, 0.5) is 0 Å². The molecule has 1 rings (SSSR count). The van der Waals surface area contributed by atoms with Gasteiger partial charge in [0.05, 0.1) is 5.41 Å². The van der Waals surface area contributed by atoms with E-state index < -0.39 is 11.4 Å². The van der Waals surface area contributed by atoms with Crippen molar-refractivity contribution < 1.29 is 14.7 Å². The number of aliphatic carboxylic acids is 1. The molecule has 1 aliphatic rings. The number of carboxylic acids is 1. The van der Waals surface area contributed by atoms with E-state index in [0.29, 0.717) is 18.8 Å². The number of rotatable bonds is 7. The van der Waals surface area contributed by atoms with Gasteiger partial charge in [0.25, 0.3) is 0 Å². The lowest BCUT2D eigenvalue weighted by Crippen LogP contribution is -2.41. The molecule has 2 atom stereocenters. The van der Waals surface area contributed by atoms with Gasteiger partial charge in [-0.3, -0.25) is 9.59 Å². The highest BCUT2D eigenvalue weighted by Gasteiger charge is 2.41. The molecule has 0 bridgehead atoms. The van der Waals surface area contributed by atoms with Crippen molar-refractivity contribution in [3.8, 4) is 0 Å². The fourth-order valence-corrected chi connectivity index (χ4v) is 3.16. The minimum Gasteiger partial charge on any atom is -0.481 e. The Labute approximate surface area is 122 Å². The molecular formula is C16H29NO3. The first-order chi connectivity index (χ1) is 9.39. The van der Waals surface area contributed by atoms with Gasteiger partial charge in [0.15, 0.2) is 0 Å². The van der Waals surface area contributed by atoms with E-state index in [1.807, 2.05) is 6.92 Å². The topological polar surface area (TPSA) is 66.4 Å². The minimum atomic E-state index is -0.821. The fourth-order valence-electron chi connectivity index (χ4n) is 3.16. The highest BCUT2D eigenvalue weighted by Crippen LogP contribution is 2.39. The van der Waals surface area contributed by atoms with Crippen LogP contribution < -0.4 is 5.32 Å². The van der Waals surface area contributed by atoms with Crippen LogP contribution in [0.1, 0.15) is 72.1 Å². The number of carboxylic acid groups (broad SMARTS) is 1. The third-order valence-electron chi connectivity index (χ3n) is 4.62. The second kappa shape index (κ2) is 7.65. The molecule has 0 aromatic heterocycles. The monoisotopic (exact) mass is 283 g/mol. The van der Waals surface area contributed by atoms with Gasteiger partial charge in [0.1, 0.15) is 0 Å². The van der Waals surface area contributed by atoms with Gasteiger partial charge in [-0.1, -0.05) is 39.5 Å². The lowest BCUT2D eigenvalue weighted by Gasteiger charge is -2.33. The normalized spacial score (nSPS) is 20.9. The zero-order valence-corrected chi connectivity index (χ0v) is 13.1. The Bertz CT molecular complexity index is 335. The summed E-state index contributed by atoms with van der Waals surface area (Å²) in [7, 11) is 0. The third kappa shape index (κ3) is 4.80. The zero-order chi connectivity index (χ0) is 15.2. The highest BCUT2D eigenvalue weighted by molar-refractivity contribution is 5.85.